The van der Waals surface area contributed by atoms with Crippen molar-refractivity contribution in [1.29, 1.82) is 0 Å². The molecule has 0 fully saturated rings. The first-order valence-corrected chi connectivity index (χ1v) is 4.40. The molecule has 0 unspecified atom stereocenters. The minimum Gasteiger partial charge on any atom is -0.345 e. The molecule has 5 nitrogen and oxygen atoms in total. The van der Waals surface area contributed by atoms with Crippen LogP contribution >= 0.6 is 0 Å². The summed E-state index contributed by atoms with van der Waals surface area (Å²) in [6, 6.07) is 4.47. The second-order valence-corrected chi connectivity index (χ2v) is 3.46. The zero-order valence-corrected chi connectivity index (χ0v) is 8.85. The second-order valence-electron chi connectivity index (χ2n) is 3.46. The van der Waals surface area contributed by atoms with Gasteiger partial charge in [-0.25, -0.2) is 0 Å². The van der Waals surface area contributed by atoms with Crippen LogP contribution in [0.1, 0.15) is 15.9 Å². The summed E-state index contributed by atoms with van der Waals surface area (Å²) in [6.07, 6.45) is 0. The van der Waals surface area contributed by atoms with E-state index < -0.39 is 4.92 Å². The van der Waals surface area contributed by atoms with Gasteiger partial charge in [-0.05, 0) is 13.0 Å². The Hall–Kier alpha value is -1.91. The summed E-state index contributed by atoms with van der Waals surface area (Å²) >= 11 is 0. The lowest BCUT2D eigenvalue weighted by Gasteiger charge is -2.10. The van der Waals surface area contributed by atoms with Crippen molar-refractivity contribution in [1.82, 2.24) is 4.90 Å². The molecule has 0 spiro atoms. The van der Waals surface area contributed by atoms with Crippen LogP contribution in [-0.4, -0.2) is 29.8 Å². The lowest BCUT2D eigenvalue weighted by molar-refractivity contribution is -0.385. The maximum Gasteiger partial charge on any atom is 0.273 e. The highest BCUT2D eigenvalue weighted by molar-refractivity contribution is 5.94. The SMILES string of the molecule is Cc1ccc(C(=O)N(C)C)cc1[N+](=O)[O-]. The first-order chi connectivity index (χ1) is 6.93. The summed E-state index contributed by atoms with van der Waals surface area (Å²) in [6.45, 7) is 1.64. The third kappa shape index (κ3) is 2.31. The molecule has 1 aromatic carbocycles. The highest BCUT2D eigenvalue weighted by Gasteiger charge is 2.15. The number of amides is 1. The third-order valence-electron chi connectivity index (χ3n) is 2.06. The molecular formula is C10H12N2O3. The lowest BCUT2D eigenvalue weighted by Crippen LogP contribution is -2.21. The smallest absolute Gasteiger partial charge is 0.273 e. The Balaban J connectivity index is 3.19. The quantitative estimate of drug-likeness (QED) is 0.547. The van der Waals surface area contributed by atoms with E-state index in [2.05, 4.69) is 0 Å². The summed E-state index contributed by atoms with van der Waals surface area (Å²) in [5.74, 6) is -0.238. The summed E-state index contributed by atoms with van der Waals surface area (Å²) in [5, 5.41) is 10.6. The average molecular weight is 208 g/mol. The summed E-state index contributed by atoms with van der Waals surface area (Å²) in [7, 11) is 3.21. The molecule has 0 radical (unpaired) electrons. The van der Waals surface area contributed by atoms with Crippen LogP contribution in [0.2, 0.25) is 0 Å². The third-order valence-corrected chi connectivity index (χ3v) is 2.06. The van der Waals surface area contributed by atoms with Gasteiger partial charge in [-0.1, -0.05) is 6.07 Å². The van der Waals surface area contributed by atoms with Crippen LogP contribution in [0.3, 0.4) is 0 Å². The number of nitrogens with zero attached hydrogens (tertiary/aromatic N) is 2. The molecule has 0 aliphatic rings. The molecule has 15 heavy (non-hydrogen) atoms. The number of carbonyl (C=O) groups is 1. The summed E-state index contributed by atoms with van der Waals surface area (Å²) < 4.78 is 0. The topological polar surface area (TPSA) is 63.5 Å². The van der Waals surface area contributed by atoms with Crippen molar-refractivity contribution in [3.8, 4) is 0 Å². The zero-order valence-electron chi connectivity index (χ0n) is 8.85. The fraction of sp³-hybridized carbons (Fsp3) is 0.300. The predicted molar refractivity (Wildman–Crippen MR) is 55.9 cm³/mol. The summed E-state index contributed by atoms with van der Waals surface area (Å²) in [5.41, 5.74) is 0.857. The fourth-order valence-corrected chi connectivity index (χ4v) is 1.20. The highest BCUT2D eigenvalue weighted by Crippen LogP contribution is 2.19. The molecule has 0 atom stereocenters. The largest absolute Gasteiger partial charge is 0.345 e. The second kappa shape index (κ2) is 4.08. The van der Waals surface area contributed by atoms with Gasteiger partial charge in [0.05, 0.1) is 4.92 Å². The number of hydrogen-bond acceptors (Lipinski definition) is 3. The predicted octanol–water partition coefficient (Wildman–Crippen LogP) is 1.61. The molecular weight excluding hydrogens is 196 g/mol. The van der Waals surface area contributed by atoms with Crippen molar-refractivity contribution >= 4 is 11.6 Å². The molecule has 1 rings (SSSR count). The molecule has 0 saturated heterocycles. The van der Waals surface area contributed by atoms with Gasteiger partial charge in [0.15, 0.2) is 0 Å². The molecule has 0 bridgehead atoms. The minimum absolute atomic E-state index is 0.0253. The van der Waals surface area contributed by atoms with E-state index in [0.717, 1.165) is 0 Å². The number of rotatable bonds is 2. The molecule has 0 aromatic heterocycles. The molecule has 0 saturated carbocycles. The Morgan fingerprint density at radius 1 is 1.40 bits per heavy atom. The van der Waals surface area contributed by atoms with Gasteiger partial charge in [0.25, 0.3) is 11.6 Å². The van der Waals surface area contributed by atoms with Crippen molar-refractivity contribution in [2.24, 2.45) is 0 Å². The van der Waals surface area contributed by atoms with Crippen LogP contribution in [0.25, 0.3) is 0 Å². The maximum atomic E-state index is 11.5. The van der Waals surface area contributed by atoms with Gasteiger partial charge in [-0.2, -0.15) is 0 Å². The van der Waals surface area contributed by atoms with Crippen molar-refractivity contribution in [2.75, 3.05) is 14.1 Å². The van der Waals surface area contributed by atoms with Crippen molar-refractivity contribution in [3.63, 3.8) is 0 Å². The average Bonchev–Trinajstić information content (AvgIpc) is 2.16. The van der Waals surface area contributed by atoms with E-state index >= 15 is 0 Å². The van der Waals surface area contributed by atoms with Crippen molar-refractivity contribution in [2.45, 2.75) is 6.92 Å². The van der Waals surface area contributed by atoms with E-state index in [1.54, 1.807) is 33.2 Å². The van der Waals surface area contributed by atoms with Crippen molar-refractivity contribution < 1.29 is 9.72 Å². The van der Waals surface area contributed by atoms with Crippen LogP contribution in [0.4, 0.5) is 5.69 Å². The van der Waals surface area contributed by atoms with E-state index in [0.29, 0.717) is 11.1 Å². The lowest BCUT2D eigenvalue weighted by atomic mass is 10.1. The molecule has 0 N–H and O–H groups in total. The van der Waals surface area contributed by atoms with Gasteiger partial charge >= 0.3 is 0 Å². The van der Waals surface area contributed by atoms with Crippen molar-refractivity contribution in [3.05, 3.63) is 39.4 Å². The van der Waals surface area contributed by atoms with E-state index in [4.69, 9.17) is 0 Å². The molecule has 0 aliphatic heterocycles. The number of carbonyl (C=O) groups excluding carboxylic acids is 1. The standard InChI is InChI=1S/C10H12N2O3/c1-7-4-5-8(10(13)11(2)3)6-9(7)12(14)15/h4-6H,1-3H3. The van der Waals surface area contributed by atoms with Crippen LogP contribution < -0.4 is 0 Å². The Morgan fingerprint density at radius 2 is 2.00 bits per heavy atom. The first kappa shape index (κ1) is 11.2. The number of nitro benzene ring substituents is 1. The molecule has 0 heterocycles. The Morgan fingerprint density at radius 3 is 2.47 bits per heavy atom. The minimum atomic E-state index is -0.484. The van der Waals surface area contributed by atoms with Crippen LogP contribution in [-0.2, 0) is 0 Å². The van der Waals surface area contributed by atoms with E-state index in [1.165, 1.54) is 11.0 Å². The Labute approximate surface area is 87.5 Å². The van der Waals surface area contributed by atoms with Gasteiger partial charge in [-0.3, -0.25) is 14.9 Å². The molecule has 5 heteroatoms. The van der Waals surface area contributed by atoms with Gasteiger partial charge < -0.3 is 4.90 Å². The number of aryl methyl sites for hydroxylation is 1. The van der Waals surface area contributed by atoms with Crippen LogP contribution in [0.15, 0.2) is 18.2 Å². The maximum absolute atomic E-state index is 11.5. The fourth-order valence-electron chi connectivity index (χ4n) is 1.20. The molecule has 80 valence electrons. The van der Waals surface area contributed by atoms with E-state index in [-0.39, 0.29) is 11.6 Å². The molecule has 1 aromatic rings. The zero-order chi connectivity index (χ0) is 11.6. The number of hydrogen-bond donors (Lipinski definition) is 0. The number of nitro groups is 1. The van der Waals surface area contributed by atoms with Crippen LogP contribution in [0, 0.1) is 17.0 Å². The van der Waals surface area contributed by atoms with E-state index in [1.807, 2.05) is 0 Å². The molecule has 1 amide bonds. The van der Waals surface area contributed by atoms with E-state index in [9.17, 15) is 14.9 Å². The first-order valence-electron chi connectivity index (χ1n) is 4.40. The van der Waals surface area contributed by atoms with Crippen LogP contribution in [0.5, 0.6) is 0 Å². The van der Waals surface area contributed by atoms with Gasteiger partial charge in [0.2, 0.25) is 0 Å². The van der Waals surface area contributed by atoms with Gasteiger partial charge in [0, 0.05) is 31.3 Å². The molecule has 0 aliphatic carbocycles. The summed E-state index contributed by atoms with van der Waals surface area (Å²) in [4.78, 5) is 23.1. The Kier molecular flexibility index (Phi) is 3.04. The highest BCUT2D eigenvalue weighted by atomic mass is 16.6. The number of benzene rings is 1. The van der Waals surface area contributed by atoms with Gasteiger partial charge in [-0.15, -0.1) is 0 Å². The monoisotopic (exact) mass is 208 g/mol. The normalized spacial score (nSPS) is 9.80. The Bertz CT molecular complexity index is 413. The van der Waals surface area contributed by atoms with Gasteiger partial charge in [0.1, 0.15) is 0 Å².